The summed E-state index contributed by atoms with van der Waals surface area (Å²) in [5, 5.41) is 4.59. The van der Waals surface area contributed by atoms with Gasteiger partial charge in [0.2, 0.25) is 0 Å². The normalized spacial score (nSPS) is 11.6. The van der Waals surface area contributed by atoms with Crippen LogP contribution < -0.4 is 0 Å². The van der Waals surface area contributed by atoms with Crippen LogP contribution in [0.1, 0.15) is 42.3 Å². The van der Waals surface area contributed by atoms with E-state index in [2.05, 4.69) is 57.9 Å². The number of aromatic nitrogens is 2. The molecule has 2 rings (SSSR count). The standard InChI is InChI=1S/C16H20N2O/c1-11-6-12(2)8-13(7-11)15-14(10-19)9-18(17-15)16(3,4)5/h6-10H,1-5H3. The average molecular weight is 256 g/mol. The number of aryl methyl sites for hydroxylation is 2. The fraction of sp³-hybridized carbons (Fsp3) is 0.375. The van der Waals surface area contributed by atoms with E-state index in [-0.39, 0.29) is 5.54 Å². The first-order valence-electron chi connectivity index (χ1n) is 6.45. The molecule has 2 aromatic rings. The van der Waals surface area contributed by atoms with Crippen molar-refractivity contribution in [3.63, 3.8) is 0 Å². The Morgan fingerprint density at radius 1 is 1.11 bits per heavy atom. The van der Waals surface area contributed by atoms with E-state index in [0.29, 0.717) is 5.56 Å². The zero-order valence-electron chi connectivity index (χ0n) is 12.2. The summed E-state index contributed by atoms with van der Waals surface area (Å²) in [7, 11) is 0. The summed E-state index contributed by atoms with van der Waals surface area (Å²) in [5.41, 5.74) is 4.63. The van der Waals surface area contributed by atoms with Crippen molar-refractivity contribution in [3.8, 4) is 11.3 Å². The third-order valence-electron chi connectivity index (χ3n) is 3.05. The maximum atomic E-state index is 11.3. The predicted octanol–water partition coefficient (Wildman–Crippen LogP) is 3.73. The van der Waals surface area contributed by atoms with Gasteiger partial charge in [-0.2, -0.15) is 5.10 Å². The lowest BCUT2D eigenvalue weighted by molar-refractivity contribution is 0.112. The van der Waals surface area contributed by atoms with Crippen LogP contribution in [0.2, 0.25) is 0 Å². The van der Waals surface area contributed by atoms with Crippen LogP contribution in [-0.2, 0) is 5.54 Å². The van der Waals surface area contributed by atoms with Gasteiger partial charge in [-0.1, -0.05) is 17.2 Å². The van der Waals surface area contributed by atoms with Gasteiger partial charge in [-0.15, -0.1) is 0 Å². The number of benzene rings is 1. The smallest absolute Gasteiger partial charge is 0.153 e. The molecule has 100 valence electrons. The summed E-state index contributed by atoms with van der Waals surface area (Å²) < 4.78 is 1.85. The van der Waals surface area contributed by atoms with Crippen molar-refractivity contribution in [3.05, 3.63) is 41.1 Å². The number of rotatable bonds is 2. The molecule has 0 N–H and O–H groups in total. The summed E-state index contributed by atoms with van der Waals surface area (Å²) in [4.78, 5) is 11.3. The Morgan fingerprint density at radius 2 is 1.68 bits per heavy atom. The quantitative estimate of drug-likeness (QED) is 0.767. The third-order valence-corrected chi connectivity index (χ3v) is 3.05. The molecule has 0 bridgehead atoms. The van der Waals surface area contributed by atoms with Crippen molar-refractivity contribution < 1.29 is 4.79 Å². The summed E-state index contributed by atoms with van der Waals surface area (Å²) in [6.07, 6.45) is 2.70. The van der Waals surface area contributed by atoms with E-state index in [1.165, 1.54) is 11.1 Å². The number of hydrogen-bond acceptors (Lipinski definition) is 2. The first kappa shape index (κ1) is 13.5. The third kappa shape index (κ3) is 2.75. The molecule has 3 heteroatoms. The number of carbonyl (C=O) groups excluding carboxylic acids is 1. The molecular weight excluding hydrogens is 236 g/mol. The molecule has 1 heterocycles. The van der Waals surface area contributed by atoms with Gasteiger partial charge < -0.3 is 0 Å². The molecule has 0 aliphatic carbocycles. The first-order chi connectivity index (χ1) is 8.81. The Morgan fingerprint density at radius 3 is 2.16 bits per heavy atom. The van der Waals surface area contributed by atoms with Crippen LogP contribution in [0.5, 0.6) is 0 Å². The second-order valence-electron chi connectivity index (χ2n) is 6.04. The minimum atomic E-state index is -0.130. The Bertz CT molecular complexity index is 598. The molecule has 0 aliphatic rings. The molecule has 1 aromatic heterocycles. The van der Waals surface area contributed by atoms with E-state index < -0.39 is 0 Å². The van der Waals surface area contributed by atoms with E-state index >= 15 is 0 Å². The molecule has 1 aromatic carbocycles. The summed E-state index contributed by atoms with van der Waals surface area (Å²) >= 11 is 0. The molecule has 0 atom stereocenters. The molecule has 0 amide bonds. The first-order valence-corrected chi connectivity index (χ1v) is 6.45. The maximum absolute atomic E-state index is 11.3. The van der Waals surface area contributed by atoms with Gasteiger partial charge in [0.1, 0.15) is 5.69 Å². The Balaban J connectivity index is 2.61. The molecule has 0 unspecified atom stereocenters. The van der Waals surface area contributed by atoms with Gasteiger partial charge in [-0.05, 0) is 46.8 Å². The fourth-order valence-electron chi connectivity index (χ4n) is 2.15. The lowest BCUT2D eigenvalue weighted by Gasteiger charge is -2.18. The molecule has 0 spiro atoms. The van der Waals surface area contributed by atoms with Crippen molar-refractivity contribution in [1.29, 1.82) is 0 Å². The lowest BCUT2D eigenvalue weighted by Crippen LogP contribution is -2.22. The van der Waals surface area contributed by atoms with Crippen molar-refractivity contribution >= 4 is 6.29 Å². The highest BCUT2D eigenvalue weighted by atomic mass is 16.1. The van der Waals surface area contributed by atoms with Crippen molar-refractivity contribution in [2.45, 2.75) is 40.2 Å². The zero-order chi connectivity index (χ0) is 14.2. The predicted molar refractivity (Wildman–Crippen MR) is 77.5 cm³/mol. The molecule has 3 nitrogen and oxygen atoms in total. The summed E-state index contributed by atoms with van der Waals surface area (Å²) in [6.45, 7) is 10.3. The summed E-state index contributed by atoms with van der Waals surface area (Å²) in [6, 6.07) is 6.25. The molecule has 0 saturated carbocycles. The van der Waals surface area contributed by atoms with Crippen LogP contribution >= 0.6 is 0 Å². The highest BCUT2D eigenvalue weighted by Gasteiger charge is 2.18. The van der Waals surface area contributed by atoms with E-state index in [1.54, 1.807) is 0 Å². The second kappa shape index (κ2) is 4.65. The van der Waals surface area contributed by atoms with Crippen LogP contribution in [0.4, 0.5) is 0 Å². The SMILES string of the molecule is Cc1cc(C)cc(-c2nn(C(C)(C)C)cc2C=O)c1. The van der Waals surface area contributed by atoms with Crippen molar-refractivity contribution in [2.75, 3.05) is 0 Å². The highest BCUT2D eigenvalue weighted by Crippen LogP contribution is 2.26. The molecule has 0 fully saturated rings. The zero-order valence-corrected chi connectivity index (χ0v) is 12.2. The van der Waals surface area contributed by atoms with Crippen LogP contribution in [0, 0.1) is 13.8 Å². The van der Waals surface area contributed by atoms with Gasteiger partial charge >= 0.3 is 0 Å². The lowest BCUT2D eigenvalue weighted by atomic mass is 10.0. The number of hydrogen-bond donors (Lipinski definition) is 0. The van der Waals surface area contributed by atoms with Gasteiger partial charge in [0, 0.05) is 11.8 Å². The molecule has 0 radical (unpaired) electrons. The molecule has 19 heavy (non-hydrogen) atoms. The monoisotopic (exact) mass is 256 g/mol. The van der Waals surface area contributed by atoms with Crippen LogP contribution in [0.15, 0.2) is 24.4 Å². The van der Waals surface area contributed by atoms with Crippen molar-refractivity contribution in [1.82, 2.24) is 9.78 Å². The van der Waals surface area contributed by atoms with E-state index in [4.69, 9.17) is 0 Å². The maximum Gasteiger partial charge on any atom is 0.153 e. The minimum absolute atomic E-state index is 0.130. The summed E-state index contributed by atoms with van der Waals surface area (Å²) in [5.74, 6) is 0. The minimum Gasteiger partial charge on any atom is -0.298 e. The van der Waals surface area contributed by atoms with Gasteiger partial charge in [0.25, 0.3) is 0 Å². The molecule has 0 aliphatic heterocycles. The van der Waals surface area contributed by atoms with Gasteiger partial charge in [0.05, 0.1) is 11.1 Å². The second-order valence-corrected chi connectivity index (χ2v) is 6.04. The number of nitrogens with zero attached hydrogens (tertiary/aromatic N) is 2. The van der Waals surface area contributed by atoms with Gasteiger partial charge in [0.15, 0.2) is 6.29 Å². The topological polar surface area (TPSA) is 34.9 Å². The van der Waals surface area contributed by atoms with Crippen LogP contribution in [0.3, 0.4) is 0 Å². The largest absolute Gasteiger partial charge is 0.298 e. The van der Waals surface area contributed by atoms with Crippen LogP contribution in [0.25, 0.3) is 11.3 Å². The Labute approximate surface area is 114 Å². The Kier molecular flexibility index (Phi) is 3.31. The van der Waals surface area contributed by atoms with Crippen molar-refractivity contribution in [2.24, 2.45) is 0 Å². The molecular formula is C16H20N2O. The number of carbonyl (C=O) groups is 1. The van der Waals surface area contributed by atoms with Gasteiger partial charge in [-0.3, -0.25) is 9.48 Å². The van der Waals surface area contributed by atoms with Gasteiger partial charge in [-0.25, -0.2) is 0 Å². The fourth-order valence-corrected chi connectivity index (χ4v) is 2.15. The molecule has 0 saturated heterocycles. The average Bonchev–Trinajstić information content (AvgIpc) is 2.71. The number of aldehydes is 1. The Hall–Kier alpha value is -1.90. The highest BCUT2D eigenvalue weighted by molar-refractivity contribution is 5.85. The van der Waals surface area contributed by atoms with Crippen LogP contribution in [-0.4, -0.2) is 16.1 Å². The van der Waals surface area contributed by atoms with E-state index in [0.717, 1.165) is 17.5 Å². The van der Waals surface area contributed by atoms with E-state index in [9.17, 15) is 4.79 Å². The van der Waals surface area contributed by atoms with E-state index in [1.807, 2.05) is 10.9 Å².